The summed E-state index contributed by atoms with van der Waals surface area (Å²) >= 11 is 12.4. The van der Waals surface area contributed by atoms with Crippen LogP contribution in [0.2, 0.25) is 10.0 Å². The highest BCUT2D eigenvalue weighted by Crippen LogP contribution is 2.37. The summed E-state index contributed by atoms with van der Waals surface area (Å²) in [6.45, 7) is 3.72. The van der Waals surface area contributed by atoms with Gasteiger partial charge in [-0.2, -0.15) is 0 Å². The second-order valence-corrected chi connectivity index (χ2v) is 5.44. The lowest BCUT2D eigenvalue weighted by Crippen LogP contribution is -2.05. The molecule has 2 aromatic carbocycles. The number of carbonyl (C=O) groups is 1. The van der Waals surface area contributed by atoms with Gasteiger partial charge in [0.1, 0.15) is 16.9 Å². The zero-order valence-corrected chi connectivity index (χ0v) is 13.4. The van der Waals surface area contributed by atoms with Gasteiger partial charge in [-0.3, -0.25) is 4.79 Å². The zero-order valence-electron chi connectivity index (χ0n) is 11.9. The van der Waals surface area contributed by atoms with Crippen molar-refractivity contribution in [2.24, 2.45) is 0 Å². The van der Waals surface area contributed by atoms with Crippen LogP contribution in [0.25, 0.3) is 0 Å². The van der Waals surface area contributed by atoms with Crippen molar-refractivity contribution < 1.29 is 9.53 Å². The third-order valence-corrected chi connectivity index (χ3v) is 4.11. The average Bonchev–Trinajstić information content (AvgIpc) is 2.52. The SMILES string of the molecule is CCC(=O)c1ccc(OC(C)c2ccccc2)c(Cl)c1Cl. The summed E-state index contributed by atoms with van der Waals surface area (Å²) in [4.78, 5) is 11.8. The fourth-order valence-corrected chi connectivity index (χ4v) is 2.48. The minimum Gasteiger partial charge on any atom is -0.484 e. The molecule has 0 saturated carbocycles. The molecule has 0 bridgehead atoms. The molecule has 1 atom stereocenters. The number of ether oxygens (including phenoxy) is 1. The largest absolute Gasteiger partial charge is 0.484 e. The van der Waals surface area contributed by atoms with Crippen LogP contribution in [-0.2, 0) is 0 Å². The number of halogens is 2. The summed E-state index contributed by atoms with van der Waals surface area (Å²) in [5.41, 5.74) is 1.47. The Kier molecular flexibility index (Phi) is 5.27. The standard InChI is InChI=1S/C17H16Cl2O2/c1-3-14(20)13-9-10-15(17(19)16(13)18)21-11(2)12-7-5-4-6-8-12/h4-11H,3H2,1-2H3. The molecule has 0 heterocycles. The lowest BCUT2D eigenvalue weighted by Gasteiger charge is -2.17. The fraction of sp³-hybridized carbons (Fsp3) is 0.235. The van der Waals surface area contributed by atoms with E-state index < -0.39 is 0 Å². The Bertz CT molecular complexity index is 639. The summed E-state index contributed by atoms with van der Waals surface area (Å²) in [6.07, 6.45) is 0.226. The fourth-order valence-electron chi connectivity index (χ4n) is 2.01. The van der Waals surface area contributed by atoms with Crippen LogP contribution in [0.1, 0.15) is 42.3 Å². The summed E-state index contributed by atoms with van der Waals surface area (Å²) in [5, 5.41) is 0.528. The molecule has 0 fully saturated rings. The first kappa shape index (κ1) is 15.9. The van der Waals surface area contributed by atoms with Crippen molar-refractivity contribution in [3.8, 4) is 5.75 Å². The lowest BCUT2D eigenvalue weighted by atomic mass is 10.1. The van der Waals surface area contributed by atoms with Crippen LogP contribution >= 0.6 is 23.2 Å². The van der Waals surface area contributed by atoms with Crippen molar-refractivity contribution in [3.05, 3.63) is 63.6 Å². The second kappa shape index (κ2) is 6.97. The maximum absolute atomic E-state index is 11.8. The molecule has 0 saturated heterocycles. The van der Waals surface area contributed by atoms with Crippen molar-refractivity contribution in [2.45, 2.75) is 26.4 Å². The molecule has 0 radical (unpaired) electrons. The number of benzene rings is 2. The highest BCUT2D eigenvalue weighted by molar-refractivity contribution is 6.44. The van der Waals surface area contributed by atoms with Crippen LogP contribution in [0, 0.1) is 0 Å². The van der Waals surface area contributed by atoms with Gasteiger partial charge >= 0.3 is 0 Å². The molecule has 0 aliphatic carbocycles. The van der Waals surface area contributed by atoms with Crippen molar-refractivity contribution in [1.29, 1.82) is 0 Å². The molecule has 2 rings (SSSR count). The monoisotopic (exact) mass is 322 g/mol. The van der Waals surface area contributed by atoms with Crippen molar-refractivity contribution >= 4 is 29.0 Å². The normalized spacial score (nSPS) is 12.0. The minimum atomic E-state index is -0.160. The Hall–Kier alpha value is -1.51. The van der Waals surface area contributed by atoms with Gasteiger partial charge in [-0.1, -0.05) is 60.5 Å². The number of Topliss-reactive ketones (excluding diaryl/α,β-unsaturated/α-hetero) is 1. The number of carbonyl (C=O) groups excluding carboxylic acids is 1. The van der Waals surface area contributed by atoms with Gasteiger partial charge in [0.25, 0.3) is 0 Å². The van der Waals surface area contributed by atoms with Gasteiger partial charge in [0.05, 0.1) is 5.02 Å². The smallest absolute Gasteiger partial charge is 0.164 e. The van der Waals surface area contributed by atoms with Crippen LogP contribution in [-0.4, -0.2) is 5.78 Å². The molecular formula is C17H16Cl2O2. The Morgan fingerprint density at radius 3 is 2.38 bits per heavy atom. The molecule has 0 aromatic heterocycles. The molecule has 2 aromatic rings. The molecule has 1 unspecified atom stereocenters. The van der Waals surface area contributed by atoms with E-state index in [0.717, 1.165) is 5.56 Å². The number of rotatable bonds is 5. The van der Waals surface area contributed by atoms with E-state index in [0.29, 0.717) is 17.7 Å². The molecule has 110 valence electrons. The van der Waals surface area contributed by atoms with Crippen LogP contribution in [0.5, 0.6) is 5.75 Å². The van der Waals surface area contributed by atoms with Crippen LogP contribution in [0.3, 0.4) is 0 Å². The predicted octanol–water partition coefficient (Wildman–Crippen LogP) is 5.73. The van der Waals surface area contributed by atoms with Gasteiger partial charge in [-0.05, 0) is 24.6 Å². The molecule has 0 N–H and O–H groups in total. The second-order valence-electron chi connectivity index (χ2n) is 4.69. The maximum atomic E-state index is 11.8. The van der Waals surface area contributed by atoms with E-state index >= 15 is 0 Å². The summed E-state index contributed by atoms with van der Waals surface area (Å²) < 4.78 is 5.85. The topological polar surface area (TPSA) is 26.3 Å². The van der Waals surface area contributed by atoms with Gasteiger partial charge in [0.15, 0.2) is 5.78 Å². The molecule has 21 heavy (non-hydrogen) atoms. The third-order valence-electron chi connectivity index (χ3n) is 3.24. The molecule has 0 aliphatic heterocycles. The summed E-state index contributed by atoms with van der Waals surface area (Å²) in [5.74, 6) is 0.440. The Balaban J connectivity index is 2.26. The average molecular weight is 323 g/mol. The molecule has 4 heteroatoms. The Labute approximate surface area is 134 Å². The quantitative estimate of drug-likeness (QED) is 0.657. The van der Waals surface area contributed by atoms with E-state index in [9.17, 15) is 4.79 Å². The Morgan fingerprint density at radius 1 is 1.10 bits per heavy atom. The third kappa shape index (κ3) is 3.58. The first-order valence-corrected chi connectivity index (χ1v) is 7.53. The van der Waals surface area contributed by atoms with Crippen molar-refractivity contribution in [1.82, 2.24) is 0 Å². The highest BCUT2D eigenvalue weighted by atomic mass is 35.5. The molecule has 2 nitrogen and oxygen atoms in total. The van der Waals surface area contributed by atoms with Crippen LogP contribution in [0.15, 0.2) is 42.5 Å². The van der Waals surface area contributed by atoms with Gasteiger partial charge in [-0.15, -0.1) is 0 Å². The predicted molar refractivity (Wildman–Crippen MR) is 86.6 cm³/mol. The van der Waals surface area contributed by atoms with Crippen molar-refractivity contribution in [2.75, 3.05) is 0 Å². The van der Waals surface area contributed by atoms with Gasteiger partial charge in [0.2, 0.25) is 0 Å². The van der Waals surface area contributed by atoms with Gasteiger partial charge in [-0.25, -0.2) is 0 Å². The highest BCUT2D eigenvalue weighted by Gasteiger charge is 2.17. The summed E-state index contributed by atoms with van der Waals surface area (Å²) in [6, 6.07) is 13.2. The van der Waals surface area contributed by atoms with Crippen molar-refractivity contribution in [3.63, 3.8) is 0 Å². The van der Waals surface area contributed by atoms with Gasteiger partial charge < -0.3 is 4.74 Å². The number of ketones is 1. The van der Waals surface area contributed by atoms with E-state index in [1.54, 1.807) is 19.1 Å². The molecule has 0 amide bonds. The summed E-state index contributed by atoms with van der Waals surface area (Å²) in [7, 11) is 0. The minimum absolute atomic E-state index is 0.0374. The van der Waals surface area contributed by atoms with Crippen LogP contribution in [0.4, 0.5) is 0 Å². The molecular weight excluding hydrogens is 307 g/mol. The molecule has 0 aliphatic rings. The first-order valence-electron chi connectivity index (χ1n) is 6.77. The van der Waals surface area contributed by atoms with E-state index in [-0.39, 0.29) is 21.9 Å². The Morgan fingerprint density at radius 2 is 1.76 bits per heavy atom. The first-order chi connectivity index (χ1) is 10.0. The molecule has 0 spiro atoms. The van der Waals surface area contributed by atoms with Crippen LogP contribution < -0.4 is 4.74 Å². The lowest BCUT2D eigenvalue weighted by molar-refractivity contribution is 0.0988. The van der Waals surface area contributed by atoms with E-state index in [2.05, 4.69) is 0 Å². The maximum Gasteiger partial charge on any atom is 0.164 e. The number of hydrogen-bond donors (Lipinski definition) is 0. The zero-order chi connectivity index (χ0) is 15.4. The van der Waals surface area contributed by atoms with E-state index in [1.807, 2.05) is 37.3 Å². The number of hydrogen-bond acceptors (Lipinski definition) is 2. The van der Waals surface area contributed by atoms with E-state index in [1.165, 1.54) is 0 Å². The van der Waals surface area contributed by atoms with E-state index in [4.69, 9.17) is 27.9 Å². The van der Waals surface area contributed by atoms with Gasteiger partial charge in [0, 0.05) is 12.0 Å².